The number of halogens is 5. The highest BCUT2D eigenvalue weighted by Crippen LogP contribution is 2.36. The Kier molecular flexibility index (Phi) is 4.57. The van der Waals surface area contributed by atoms with E-state index >= 15 is 0 Å². The molecule has 0 N–H and O–H groups in total. The van der Waals surface area contributed by atoms with Gasteiger partial charge in [-0.05, 0) is 18.1 Å². The minimum atomic E-state index is -4.66. The Morgan fingerprint density at radius 3 is 2.54 bits per heavy atom. The number of thioether (sulfide) groups is 1. The Balaban J connectivity index is 2.39. The molecule has 2 aromatic heterocycles. The Labute approximate surface area is 149 Å². The highest BCUT2D eigenvalue weighted by molar-refractivity contribution is 7.99. The first-order chi connectivity index (χ1) is 11.2. The summed E-state index contributed by atoms with van der Waals surface area (Å²) in [6.07, 6.45) is -4.66. The van der Waals surface area contributed by atoms with E-state index in [1.807, 2.05) is 13.8 Å². The molecule has 3 aromatic rings. The predicted octanol–water partition coefficient (Wildman–Crippen LogP) is 5.35. The van der Waals surface area contributed by atoms with Crippen molar-refractivity contribution in [2.24, 2.45) is 5.92 Å². The molecular formula is C14H11Cl2F3N4S. The summed E-state index contributed by atoms with van der Waals surface area (Å²) < 4.78 is 40.8. The van der Waals surface area contributed by atoms with E-state index in [1.165, 1.54) is 23.9 Å². The SMILES string of the molecule is CC(C)CSc1nc2c(Cl)cc(Cl)cc2n2c(C(F)(F)F)nnc12. The van der Waals surface area contributed by atoms with E-state index in [0.29, 0.717) is 16.7 Å². The van der Waals surface area contributed by atoms with Crippen LogP contribution in [-0.2, 0) is 6.18 Å². The molecule has 128 valence electrons. The summed E-state index contributed by atoms with van der Waals surface area (Å²) in [6.45, 7) is 4.01. The molecule has 1 aromatic carbocycles. The van der Waals surface area contributed by atoms with Gasteiger partial charge >= 0.3 is 6.18 Å². The van der Waals surface area contributed by atoms with Crippen LogP contribution < -0.4 is 0 Å². The lowest BCUT2D eigenvalue weighted by Gasteiger charge is -2.11. The molecule has 0 fully saturated rings. The maximum Gasteiger partial charge on any atom is 0.452 e. The molecule has 24 heavy (non-hydrogen) atoms. The van der Waals surface area contributed by atoms with Gasteiger partial charge in [0.15, 0.2) is 5.65 Å². The molecule has 0 aliphatic rings. The molecule has 0 atom stereocenters. The average molecular weight is 395 g/mol. The number of aromatic nitrogens is 4. The molecule has 4 nitrogen and oxygen atoms in total. The molecular weight excluding hydrogens is 384 g/mol. The van der Waals surface area contributed by atoms with Crippen molar-refractivity contribution in [2.45, 2.75) is 25.0 Å². The number of benzene rings is 1. The summed E-state index contributed by atoms with van der Waals surface area (Å²) in [5.74, 6) is -0.124. The van der Waals surface area contributed by atoms with Crippen LogP contribution in [-0.4, -0.2) is 25.3 Å². The minimum Gasteiger partial charge on any atom is -0.267 e. The first-order valence-corrected chi connectivity index (χ1v) is 8.66. The molecule has 10 heteroatoms. The fourth-order valence-corrected chi connectivity index (χ4v) is 3.60. The van der Waals surface area contributed by atoms with Crippen molar-refractivity contribution in [2.75, 3.05) is 5.75 Å². The van der Waals surface area contributed by atoms with Crippen molar-refractivity contribution >= 4 is 51.6 Å². The second-order valence-corrected chi connectivity index (χ2v) is 7.41. The molecule has 0 spiro atoms. The van der Waals surface area contributed by atoms with Gasteiger partial charge in [-0.15, -0.1) is 22.0 Å². The lowest BCUT2D eigenvalue weighted by atomic mass is 10.3. The smallest absolute Gasteiger partial charge is 0.267 e. The molecule has 0 unspecified atom stereocenters. The van der Waals surface area contributed by atoms with Gasteiger partial charge < -0.3 is 0 Å². The Morgan fingerprint density at radius 1 is 1.21 bits per heavy atom. The second-order valence-electron chi connectivity index (χ2n) is 5.56. The van der Waals surface area contributed by atoms with E-state index in [-0.39, 0.29) is 26.7 Å². The summed E-state index contributed by atoms with van der Waals surface area (Å²) in [7, 11) is 0. The third-order valence-corrected chi connectivity index (χ3v) is 5.01. The van der Waals surface area contributed by atoms with Crippen LogP contribution in [0.3, 0.4) is 0 Å². The second kappa shape index (κ2) is 6.24. The number of nitrogens with zero attached hydrogens (tertiary/aromatic N) is 4. The zero-order valence-corrected chi connectivity index (χ0v) is 14.9. The van der Waals surface area contributed by atoms with E-state index in [1.54, 1.807) is 0 Å². The van der Waals surface area contributed by atoms with Crippen LogP contribution in [0.2, 0.25) is 10.0 Å². The molecule has 0 amide bonds. The molecule has 0 aliphatic carbocycles. The zero-order valence-electron chi connectivity index (χ0n) is 12.5. The van der Waals surface area contributed by atoms with Crippen LogP contribution >= 0.6 is 35.0 Å². The fraction of sp³-hybridized carbons (Fsp3) is 0.357. The van der Waals surface area contributed by atoms with Gasteiger partial charge in [-0.25, -0.2) is 4.98 Å². The Hall–Kier alpha value is -1.25. The number of hydrogen-bond donors (Lipinski definition) is 0. The number of rotatable bonds is 3. The van der Waals surface area contributed by atoms with Crippen LogP contribution in [0.4, 0.5) is 13.2 Å². The maximum atomic E-state index is 13.3. The van der Waals surface area contributed by atoms with Crippen LogP contribution in [0.25, 0.3) is 16.7 Å². The van der Waals surface area contributed by atoms with Gasteiger partial charge in [-0.2, -0.15) is 13.2 Å². The molecule has 0 saturated carbocycles. The van der Waals surface area contributed by atoms with Crippen molar-refractivity contribution < 1.29 is 13.2 Å². The molecule has 3 rings (SSSR count). The summed E-state index contributed by atoms with van der Waals surface area (Å²) in [4.78, 5) is 4.39. The number of hydrogen-bond acceptors (Lipinski definition) is 4. The average Bonchev–Trinajstić information content (AvgIpc) is 2.90. The first-order valence-electron chi connectivity index (χ1n) is 6.92. The number of fused-ring (bicyclic) bond motifs is 3. The highest BCUT2D eigenvalue weighted by Gasteiger charge is 2.38. The van der Waals surface area contributed by atoms with Gasteiger partial charge in [-0.3, -0.25) is 4.40 Å². The summed E-state index contributed by atoms with van der Waals surface area (Å²) in [5, 5.41) is 7.74. The summed E-state index contributed by atoms with van der Waals surface area (Å²) in [5.41, 5.74) is 0.387. The fourth-order valence-electron chi connectivity index (χ4n) is 2.16. The highest BCUT2D eigenvalue weighted by atomic mass is 35.5. The van der Waals surface area contributed by atoms with Gasteiger partial charge in [0.05, 0.1) is 10.5 Å². The monoisotopic (exact) mass is 394 g/mol. The normalized spacial score (nSPS) is 12.7. The van der Waals surface area contributed by atoms with E-state index < -0.39 is 12.0 Å². The van der Waals surface area contributed by atoms with E-state index in [4.69, 9.17) is 23.2 Å². The third-order valence-electron chi connectivity index (χ3n) is 3.12. The predicted molar refractivity (Wildman–Crippen MR) is 88.9 cm³/mol. The minimum absolute atomic E-state index is 0.0406. The van der Waals surface area contributed by atoms with Crippen molar-refractivity contribution in [3.05, 3.63) is 28.0 Å². The molecule has 0 radical (unpaired) electrons. The maximum absolute atomic E-state index is 13.3. The van der Waals surface area contributed by atoms with Gasteiger partial charge in [-0.1, -0.05) is 37.0 Å². The van der Waals surface area contributed by atoms with E-state index in [0.717, 1.165) is 4.40 Å². The lowest BCUT2D eigenvalue weighted by molar-refractivity contribution is -0.145. The number of alkyl halides is 3. The Bertz CT molecular complexity index is 924. The van der Waals surface area contributed by atoms with E-state index in [2.05, 4.69) is 15.2 Å². The summed E-state index contributed by atoms with van der Waals surface area (Å²) in [6, 6.07) is 2.82. The van der Waals surface area contributed by atoms with Crippen LogP contribution in [0.5, 0.6) is 0 Å². The van der Waals surface area contributed by atoms with Crippen LogP contribution in [0, 0.1) is 5.92 Å². The summed E-state index contributed by atoms with van der Waals surface area (Å²) >= 11 is 13.4. The standard InChI is InChI=1S/C14H11Cl2F3N4S/c1-6(2)5-24-12-11-21-22-13(14(17,18)19)23(11)9-4-7(15)3-8(16)10(9)20-12/h3-4,6H,5H2,1-2H3. The zero-order chi connectivity index (χ0) is 17.6. The van der Waals surface area contributed by atoms with Crippen LogP contribution in [0.1, 0.15) is 19.7 Å². The third kappa shape index (κ3) is 3.14. The first kappa shape index (κ1) is 17.6. The van der Waals surface area contributed by atoms with Crippen molar-refractivity contribution in [1.29, 1.82) is 0 Å². The Morgan fingerprint density at radius 2 is 1.92 bits per heavy atom. The van der Waals surface area contributed by atoms with Gasteiger partial charge in [0.1, 0.15) is 10.5 Å². The van der Waals surface area contributed by atoms with Crippen molar-refractivity contribution in [3.8, 4) is 0 Å². The lowest BCUT2D eigenvalue weighted by Crippen LogP contribution is -2.12. The molecule has 0 saturated heterocycles. The van der Waals surface area contributed by atoms with Crippen molar-refractivity contribution in [1.82, 2.24) is 19.6 Å². The van der Waals surface area contributed by atoms with Crippen LogP contribution in [0.15, 0.2) is 17.2 Å². The largest absolute Gasteiger partial charge is 0.452 e. The topological polar surface area (TPSA) is 43.1 Å². The van der Waals surface area contributed by atoms with Gasteiger partial charge in [0.2, 0.25) is 5.82 Å². The quantitative estimate of drug-likeness (QED) is 0.561. The van der Waals surface area contributed by atoms with Crippen molar-refractivity contribution in [3.63, 3.8) is 0 Å². The molecule has 0 aliphatic heterocycles. The molecule has 0 bridgehead atoms. The van der Waals surface area contributed by atoms with Gasteiger partial charge in [0, 0.05) is 10.8 Å². The van der Waals surface area contributed by atoms with E-state index in [9.17, 15) is 13.2 Å². The van der Waals surface area contributed by atoms with Gasteiger partial charge in [0.25, 0.3) is 0 Å². The molecule has 2 heterocycles.